The van der Waals surface area contributed by atoms with Crippen LogP contribution in [-0.2, 0) is 16.1 Å². The minimum absolute atomic E-state index is 0.0500. The van der Waals surface area contributed by atoms with Crippen LogP contribution in [0.25, 0.3) is 0 Å². The molecule has 102 valence electrons. The third-order valence-corrected chi connectivity index (χ3v) is 3.34. The van der Waals surface area contributed by atoms with E-state index < -0.39 is 11.8 Å². The summed E-state index contributed by atoms with van der Waals surface area (Å²) in [6, 6.07) is 3.54. The van der Waals surface area contributed by atoms with Gasteiger partial charge in [0.15, 0.2) is 0 Å². The van der Waals surface area contributed by atoms with Crippen molar-refractivity contribution in [1.82, 2.24) is 14.8 Å². The van der Waals surface area contributed by atoms with E-state index in [-0.39, 0.29) is 6.04 Å². The Morgan fingerprint density at radius 1 is 1.32 bits per heavy atom. The van der Waals surface area contributed by atoms with Crippen molar-refractivity contribution in [2.45, 2.75) is 26.4 Å². The number of carbonyl (C=O) groups is 2. The number of carbonyl (C=O) groups excluding carboxylic acids is 2. The maximum Gasteiger partial charge on any atom is 0.312 e. The second-order valence-electron chi connectivity index (χ2n) is 4.81. The van der Waals surface area contributed by atoms with E-state index in [0.29, 0.717) is 24.8 Å². The molecule has 0 atom stereocenters. The van der Waals surface area contributed by atoms with E-state index in [4.69, 9.17) is 11.6 Å². The lowest BCUT2D eigenvalue weighted by Gasteiger charge is -2.36. The molecule has 5 nitrogen and oxygen atoms in total. The van der Waals surface area contributed by atoms with Gasteiger partial charge in [-0.3, -0.25) is 9.59 Å². The number of amides is 2. The molecule has 0 aliphatic carbocycles. The zero-order chi connectivity index (χ0) is 14.0. The highest BCUT2D eigenvalue weighted by Gasteiger charge is 2.33. The van der Waals surface area contributed by atoms with Crippen molar-refractivity contribution in [3.8, 4) is 0 Å². The molecule has 1 aromatic heterocycles. The van der Waals surface area contributed by atoms with Gasteiger partial charge in [0.05, 0.1) is 0 Å². The van der Waals surface area contributed by atoms with E-state index in [0.717, 1.165) is 5.56 Å². The highest BCUT2D eigenvalue weighted by Crippen LogP contribution is 2.14. The molecule has 2 heterocycles. The number of aromatic nitrogens is 1. The maximum atomic E-state index is 12.0. The largest absolute Gasteiger partial charge is 0.330 e. The summed E-state index contributed by atoms with van der Waals surface area (Å²) in [6.45, 7) is 5.31. The summed E-state index contributed by atoms with van der Waals surface area (Å²) in [5.74, 6) is -0.880. The summed E-state index contributed by atoms with van der Waals surface area (Å²) >= 11 is 5.80. The molecule has 19 heavy (non-hydrogen) atoms. The van der Waals surface area contributed by atoms with Gasteiger partial charge < -0.3 is 9.80 Å². The number of hydrogen-bond acceptors (Lipinski definition) is 3. The van der Waals surface area contributed by atoms with Crippen molar-refractivity contribution in [2.75, 3.05) is 13.1 Å². The molecular weight excluding hydrogens is 266 g/mol. The Morgan fingerprint density at radius 2 is 2.05 bits per heavy atom. The maximum absolute atomic E-state index is 12.0. The first-order chi connectivity index (χ1) is 8.99. The summed E-state index contributed by atoms with van der Waals surface area (Å²) in [5, 5.41) is 0.386. The van der Waals surface area contributed by atoms with Crippen LogP contribution in [-0.4, -0.2) is 45.7 Å². The average Bonchev–Trinajstić information content (AvgIpc) is 2.35. The first kappa shape index (κ1) is 13.8. The van der Waals surface area contributed by atoms with Crippen molar-refractivity contribution in [1.29, 1.82) is 0 Å². The predicted octanol–water partition coefficient (Wildman–Crippen LogP) is 1.31. The van der Waals surface area contributed by atoms with Crippen LogP contribution in [0.4, 0.5) is 0 Å². The van der Waals surface area contributed by atoms with Gasteiger partial charge >= 0.3 is 11.8 Å². The molecule has 1 saturated heterocycles. The van der Waals surface area contributed by atoms with Crippen LogP contribution < -0.4 is 0 Å². The van der Waals surface area contributed by atoms with Crippen molar-refractivity contribution in [3.05, 3.63) is 29.0 Å². The Morgan fingerprint density at radius 3 is 2.68 bits per heavy atom. The van der Waals surface area contributed by atoms with Crippen molar-refractivity contribution < 1.29 is 9.59 Å². The van der Waals surface area contributed by atoms with Gasteiger partial charge in [0.2, 0.25) is 0 Å². The van der Waals surface area contributed by atoms with Crippen LogP contribution in [0.2, 0.25) is 5.15 Å². The average molecular weight is 282 g/mol. The van der Waals surface area contributed by atoms with E-state index >= 15 is 0 Å². The van der Waals surface area contributed by atoms with Gasteiger partial charge in [-0.05, 0) is 31.5 Å². The van der Waals surface area contributed by atoms with Gasteiger partial charge in [-0.2, -0.15) is 0 Å². The lowest BCUT2D eigenvalue weighted by molar-refractivity contribution is -0.157. The van der Waals surface area contributed by atoms with Gasteiger partial charge in [-0.15, -0.1) is 0 Å². The third-order valence-electron chi connectivity index (χ3n) is 3.13. The summed E-state index contributed by atoms with van der Waals surface area (Å²) in [6.07, 6.45) is 1.59. The van der Waals surface area contributed by atoms with Crippen LogP contribution in [0.1, 0.15) is 19.4 Å². The minimum Gasteiger partial charge on any atom is -0.330 e. The van der Waals surface area contributed by atoms with Gasteiger partial charge in [0.1, 0.15) is 5.15 Å². The summed E-state index contributed by atoms with van der Waals surface area (Å²) in [5.41, 5.74) is 0.874. The number of rotatable bonds is 3. The second kappa shape index (κ2) is 5.57. The number of nitrogens with zero attached hydrogens (tertiary/aromatic N) is 3. The normalized spacial score (nSPS) is 16.4. The molecule has 0 aromatic carbocycles. The first-order valence-corrected chi connectivity index (χ1v) is 6.57. The molecule has 1 aliphatic heterocycles. The Labute approximate surface area is 117 Å². The molecule has 2 rings (SSSR count). The number of halogens is 1. The first-order valence-electron chi connectivity index (χ1n) is 6.19. The number of pyridine rings is 1. The fraction of sp³-hybridized carbons (Fsp3) is 0.462. The van der Waals surface area contributed by atoms with Crippen molar-refractivity contribution in [3.63, 3.8) is 0 Å². The molecule has 0 unspecified atom stereocenters. The van der Waals surface area contributed by atoms with E-state index in [1.165, 1.54) is 0 Å². The molecule has 0 radical (unpaired) electrons. The monoisotopic (exact) mass is 281 g/mol. The van der Waals surface area contributed by atoms with Crippen LogP contribution in [0, 0.1) is 0 Å². The van der Waals surface area contributed by atoms with Crippen molar-refractivity contribution in [2.24, 2.45) is 0 Å². The topological polar surface area (TPSA) is 53.5 Å². The zero-order valence-corrected chi connectivity index (χ0v) is 11.7. The Balaban J connectivity index is 2.07. The van der Waals surface area contributed by atoms with E-state index in [1.807, 2.05) is 13.8 Å². The summed E-state index contributed by atoms with van der Waals surface area (Å²) < 4.78 is 0. The zero-order valence-electron chi connectivity index (χ0n) is 11.0. The van der Waals surface area contributed by atoms with E-state index in [9.17, 15) is 9.59 Å². The number of hydrogen-bond donors (Lipinski definition) is 0. The second-order valence-corrected chi connectivity index (χ2v) is 5.19. The van der Waals surface area contributed by atoms with Gasteiger partial charge in [-0.25, -0.2) is 4.98 Å². The molecule has 1 aromatic rings. The van der Waals surface area contributed by atoms with Gasteiger partial charge in [-0.1, -0.05) is 11.6 Å². The fourth-order valence-corrected chi connectivity index (χ4v) is 2.29. The quantitative estimate of drug-likeness (QED) is 0.620. The van der Waals surface area contributed by atoms with Crippen LogP contribution in [0.3, 0.4) is 0 Å². The minimum atomic E-state index is -0.451. The van der Waals surface area contributed by atoms with Gasteiger partial charge in [0.25, 0.3) is 0 Å². The highest BCUT2D eigenvalue weighted by atomic mass is 35.5. The van der Waals surface area contributed by atoms with E-state index in [2.05, 4.69) is 4.98 Å². The van der Waals surface area contributed by atoms with Gasteiger partial charge in [0, 0.05) is 31.9 Å². The Hall–Kier alpha value is -1.62. The smallest absolute Gasteiger partial charge is 0.312 e. The fourth-order valence-electron chi connectivity index (χ4n) is 2.09. The van der Waals surface area contributed by atoms with Crippen molar-refractivity contribution >= 4 is 23.4 Å². The molecule has 2 amide bonds. The lowest BCUT2D eigenvalue weighted by Crippen LogP contribution is -2.55. The molecule has 1 aliphatic rings. The summed E-state index contributed by atoms with van der Waals surface area (Å²) in [4.78, 5) is 31.0. The molecule has 6 heteroatoms. The third kappa shape index (κ3) is 3.04. The Kier molecular flexibility index (Phi) is 4.04. The lowest BCUT2D eigenvalue weighted by atomic mass is 10.2. The molecule has 1 fully saturated rings. The molecular formula is C13H16ClN3O2. The van der Waals surface area contributed by atoms with Crippen LogP contribution in [0.15, 0.2) is 18.3 Å². The number of piperazine rings is 1. The van der Waals surface area contributed by atoms with E-state index in [1.54, 1.807) is 28.1 Å². The summed E-state index contributed by atoms with van der Waals surface area (Å²) in [7, 11) is 0. The van der Waals surface area contributed by atoms with Crippen LogP contribution in [0.5, 0.6) is 0 Å². The molecule has 0 N–H and O–H groups in total. The molecule has 0 bridgehead atoms. The molecule has 0 saturated carbocycles. The Bertz CT molecular complexity index is 504. The predicted molar refractivity (Wildman–Crippen MR) is 71.5 cm³/mol. The molecule has 0 spiro atoms. The van der Waals surface area contributed by atoms with Crippen LogP contribution >= 0.6 is 11.6 Å². The standard InChI is InChI=1S/C13H16ClN3O2/c1-9(2)17-6-5-16(12(18)13(17)19)8-10-3-4-15-11(14)7-10/h3-4,7,9H,5-6,8H2,1-2H3. The SMILES string of the molecule is CC(C)N1CCN(Cc2ccnc(Cl)c2)C(=O)C1=O. The highest BCUT2D eigenvalue weighted by molar-refractivity contribution is 6.35.